The first-order valence-corrected chi connectivity index (χ1v) is 6.26. The van der Waals surface area contributed by atoms with Crippen molar-refractivity contribution in [1.29, 1.82) is 5.26 Å². The molecule has 0 saturated heterocycles. The van der Waals surface area contributed by atoms with Crippen LogP contribution in [0.15, 0.2) is 40.9 Å². The van der Waals surface area contributed by atoms with Crippen molar-refractivity contribution in [3.8, 4) is 11.8 Å². The summed E-state index contributed by atoms with van der Waals surface area (Å²) in [5.41, 5.74) is 7.39. The zero-order chi connectivity index (χ0) is 13.8. The van der Waals surface area contributed by atoms with Crippen LogP contribution in [0, 0.1) is 17.1 Å². The van der Waals surface area contributed by atoms with Crippen molar-refractivity contribution in [3.63, 3.8) is 0 Å². The van der Waals surface area contributed by atoms with Gasteiger partial charge in [-0.3, -0.25) is 0 Å². The van der Waals surface area contributed by atoms with Gasteiger partial charge in [-0.25, -0.2) is 4.39 Å². The van der Waals surface area contributed by atoms with Crippen molar-refractivity contribution >= 4 is 21.6 Å². The minimum Gasteiger partial charge on any atom is -0.486 e. The molecule has 5 heteroatoms. The summed E-state index contributed by atoms with van der Waals surface area (Å²) < 4.78 is 19.8. The van der Waals surface area contributed by atoms with E-state index < -0.39 is 5.82 Å². The van der Waals surface area contributed by atoms with Gasteiger partial charge < -0.3 is 10.5 Å². The van der Waals surface area contributed by atoms with Crippen molar-refractivity contribution in [2.75, 3.05) is 5.73 Å². The predicted molar refractivity (Wildman–Crippen MR) is 74.0 cm³/mol. The van der Waals surface area contributed by atoms with E-state index >= 15 is 0 Å². The van der Waals surface area contributed by atoms with E-state index in [1.165, 1.54) is 12.1 Å². The molecule has 2 N–H and O–H groups in total. The zero-order valence-electron chi connectivity index (χ0n) is 9.86. The van der Waals surface area contributed by atoms with Gasteiger partial charge in [0.05, 0.1) is 11.6 Å². The van der Waals surface area contributed by atoms with Crippen LogP contribution >= 0.6 is 15.9 Å². The van der Waals surface area contributed by atoms with E-state index in [9.17, 15) is 4.39 Å². The smallest absolute Gasteiger partial charge is 0.166 e. The van der Waals surface area contributed by atoms with Gasteiger partial charge in [-0.05, 0) is 30.3 Å². The van der Waals surface area contributed by atoms with E-state index in [4.69, 9.17) is 15.7 Å². The Morgan fingerprint density at radius 1 is 1.26 bits per heavy atom. The molecule has 0 aliphatic rings. The van der Waals surface area contributed by atoms with Crippen LogP contribution in [0.2, 0.25) is 0 Å². The van der Waals surface area contributed by atoms with Crippen molar-refractivity contribution in [2.45, 2.75) is 6.61 Å². The maximum atomic E-state index is 13.6. The number of nitrogens with two attached hydrogens (primary N) is 1. The van der Waals surface area contributed by atoms with Crippen molar-refractivity contribution in [3.05, 3.63) is 57.8 Å². The van der Waals surface area contributed by atoms with Gasteiger partial charge in [0.25, 0.3) is 0 Å². The first-order valence-electron chi connectivity index (χ1n) is 5.46. The van der Waals surface area contributed by atoms with Crippen molar-refractivity contribution in [2.24, 2.45) is 0 Å². The molecule has 0 fully saturated rings. The molecule has 3 nitrogen and oxygen atoms in total. The van der Waals surface area contributed by atoms with Gasteiger partial charge in [-0.15, -0.1) is 0 Å². The highest BCUT2D eigenvalue weighted by molar-refractivity contribution is 9.10. The average Bonchev–Trinajstić information content (AvgIpc) is 2.39. The molecule has 0 bridgehead atoms. The summed E-state index contributed by atoms with van der Waals surface area (Å²) in [5, 5.41) is 8.65. The van der Waals surface area contributed by atoms with E-state index in [1.807, 2.05) is 6.07 Å². The SMILES string of the molecule is N#Cc1ccc(OCc2ccc(N)cc2Br)c(F)c1. The minimum absolute atomic E-state index is 0.114. The van der Waals surface area contributed by atoms with Crippen LogP contribution in [0.25, 0.3) is 0 Å². The second-order valence-electron chi connectivity index (χ2n) is 3.90. The number of hydrogen-bond donors (Lipinski definition) is 1. The van der Waals surface area contributed by atoms with Crippen LogP contribution in [0.3, 0.4) is 0 Å². The Bertz CT molecular complexity index is 652. The highest BCUT2D eigenvalue weighted by Crippen LogP contribution is 2.23. The average molecular weight is 321 g/mol. The summed E-state index contributed by atoms with van der Waals surface area (Å²) in [7, 11) is 0. The molecule has 0 aromatic heterocycles. The Hall–Kier alpha value is -2.06. The second kappa shape index (κ2) is 5.72. The molecule has 0 amide bonds. The lowest BCUT2D eigenvalue weighted by molar-refractivity contribution is 0.289. The summed E-state index contributed by atoms with van der Waals surface area (Å²) >= 11 is 3.37. The van der Waals surface area contributed by atoms with Crippen molar-refractivity contribution < 1.29 is 9.13 Å². The number of benzene rings is 2. The molecular weight excluding hydrogens is 311 g/mol. The maximum Gasteiger partial charge on any atom is 0.166 e. The van der Waals surface area contributed by atoms with Gasteiger partial charge in [0, 0.05) is 15.7 Å². The normalized spacial score (nSPS) is 9.95. The molecule has 0 radical (unpaired) electrons. The van der Waals surface area contributed by atoms with Gasteiger partial charge in [-0.2, -0.15) is 5.26 Å². The first kappa shape index (κ1) is 13.4. The monoisotopic (exact) mass is 320 g/mol. The fourth-order valence-corrected chi connectivity index (χ4v) is 2.03. The number of nitrogens with zero attached hydrogens (tertiary/aromatic N) is 1. The molecule has 2 aromatic rings. The third-order valence-corrected chi connectivity index (χ3v) is 3.26. The molecule has 0 spiro atoms. The molecule has 0 aliphatic carbocycles. The number of nitriles is 1. The third kappa shape index (κ3) is 3.24. The Kier molecular flexibility index (Phi) is 4.03. The highest BCUT2D eigenvalue weighted by atomic mass is 79.9. The van der Waals surface area contributed by atoms with Crippen LogP contribution < -0.4 is 10.5 Å². The predicted octanol–water partition coefficient (Wildman–Crippen LogP) is 3.62. The van der Waals surface area contributed by atoms with E-state index in [-0.39, 0.29) is 17.9 Å². The number of hydrogen-bond acceptors (Lipinski definition) is 3. The zero-order valence-corrected chi connectivity index (χ0v) is 11.4. The fraction of sp³-hybridized carbons (Fsp3) is 0.0714. The Labute approximate surface area is 118 Å². The van der Waals surface area contributed by atoms with Crippen LogP contribution in [-0.4, -0.2) is 0 Å². The fourth-order valence-electron chi connectivity index (χ4n) is 1.52. The quantitative estimate of drug-likeness (QED) is 0.879. The van der Waals surface area contributed by atoms with Crippen LogP contribution in [0.1, 0.15) is 11.1 Å². The van der Waals surface area contributed by atoms with Gasteiger partial charge >= 0.3 is 0 Å². The number of nitrogen functional groups attached to an aromatic ring is 1. The molecule has 0 unspecified atom stereocenters. The summed E-state index contributed by atoms with van der Waals surface area (Å²) in [6.07, 6.45) is 0. The molecule has 0 aliphatic heterocycles. The molecule has 2 rings (SSSR count). The van der Waals surface area contributed by atoms with Gasteiger partial charge in [0.15, 0.2) is 11.6 Å². The molecule has 2 aromatic carbocycles. The van der Waals surface area contributed by atoms with E-state index in [0.29, 0.717) is 5.69 Å². The molecule has 0 saturated carbocycles. The lowest BCUT2D eigenvalue weighted by atomic mass is 10.2. The lowest BCUT2D eigenvalue weighted by Gasteiger charge is -2.09. The standard InChI is InChI=1S/C14H10BrFN2O/c15-12-6-11(18)3-2-10(12)8-19-14-4-1-9(7-17)5-13(14)16/h1-6H,8,18H2. The van der Waals surface area contributed by atoms with Gasteiger partial charge in [0.1, 0.15) is 6.61 Å². The minimum atomic E-state index is -0.550. The molecule has 96 valence electrons. The molecular formula is C14H10BrFN2O. The molecule has 0 atom stereocenters. The largest absolute Gasteiger partial charge is 0.486 e. The number of ether oxygens (including phenoxy) is 1. The summed E-state index contributed by atoms with van der Waals surface area (Å²) in [4.78, 5) is 0. The Balaban J connectivity index is 2.13. The van der Waals surface area contributed by atoms with Gasteiger partial charge in [0.2, 0.25) is 0 Å². The summed E-state index contributed by atoms with van der Waals surface area (Å²) in [6.45, 7) is 0.212. The number of anilines is 1. The highest BCUT2D eigenvalue weighted by Gasteiger charge is 2.06. The van der Waals surface area contributed by atoms with E-state index in [2.05, 4.69) is 15.9 Å². The van der Waals surface area contributed by atoms with Crippen LogP contribution in [-0.2, 0) is 6.61 Å². The van der Waals surface area contributed by atoms with E-state index in [0.717, 1.165) is 16.1 Å². The Morgan fingerprint density at radius 2 is 2.05 bits per heavy atom. The first-order chi connectivity index (χ1) is 9.10. The van der Waals surface area contributed by atoms with E-state index in [1.54, 1.807) is 18.2 Å². The maximum absolute atomic E-state index is 13.6. The second-order valence-corrected chi connectivity index (χ2v) is 4.75. The lowest BCUT2D eigenvalue weighted by Crippen LogP contribution is -1.99. The van der Waals surface area contributed by atoms with Gasteiger partial charge in [-0.1, -0.05) is 22.0 Å². The summed E-state index contributed by atoms with van der Waals surface area (Å²) in [5.74, 6) is -0.437. The molecule has 0 heterocycles. The topological polar surface area (TPSA) is 59.0 Å². The Morgan fingerprint density at radius 3 is 2.68 bits per heavy atom. The van der Waals surface area contributed by atoms with Crippen molar-refractivity contribution in [1.82, 2.24) is 0 Å². The molecule has 19 heavy (non-hydrogen) atoms. The van der Waals surface area contributed by atoms with Crippen LogP contribution in [0.4, 0.5) is 10.1 Å². The van der Waals surface area contributed by atoms with Crippen LogP contribution in [0.5, 0.6) is 5.75 Å². The number of halogens is 2. The number of rotatable bonds is 3. The summed E-state index contributed by atoms with van der Waals surface area (Å²) in [6, 6.07) is 11.3. The third-order valence-electron chi connectivity index (χ3n) is 2.52.